The Kier molecular flexibility index (Phi) is 5.92. The van der Waals surface area contributed by atoms with E-state index in [9.17, 15) is 14.7 Å². The fraction of sp³-hybridized carbons (Fsp3) is 0.167. The topological polar surface area (TPSA) is 101 Å². The van der Waals surface area contributed by atoms with Gasteiger partial charge >= 0.3 is 5.97 Å². The number of aromatic amines is 1. The molecule has 0 saturated heterocycles. The predicted octanol–water partition coefficient (Wildman–Crippen LogP) is 4.50. The summed E-state index contributed by atoms with van der Waals surface area (Å²) in [4.78, 5) is 30.8. The van der Waals surface area contributed by atoms with Crippen LogP contribution in [0.15, 0.2) is 65.7 Å². The molecule has 4 aromatic rings. The number of aliphatic carboxylic acids is 1. The highest BCUT2D eigenvalue weighted by molar-refractivity contribution is 6.32. The first-order valence-electron chi connectivity index (χ1n) is 10.1. The number of carboxylic acid groups (broad SMARTS) is 1. The van der Waals surface area contributed by atoms with Gasteiger partial charge in [-0.1, -0.05) is 54.9 Å². The molecular formula is C24H21ClN4O3. The Morgan fingerprint density at radius 2 is 1.97 bits per heavy atom. The second kappa shape index (κ2) is 8.80. The molecule has 0 fully saturated rings. The van der Waals surface area contributed by atoms with Gasteiger partial charge in [-0.2, -0.15) is 5.10 Å². The molecule has 0 amide bonds. The van der Waals surface area contributed by atoms with E-state index in [1.807, 2.05) is 24.3 Å². The third-order valence-electron chi connectivity index (χ3n) is 5.26. The van der Waals surface area contributed by atoms with Crippen LogP contribution in [-0.2, 0) is 11.2 Å². The average Bonchev–Trinajstić information content (AvgIpc) is 3.24. The molecule has 32 heavy (non-hydrogen) atoms. The monoisotopic (exact) mass is 448 g/mol. The molecule has 0 saturated carbocycles. The summed E-state index contributed by atoms with van der Waals surface area (Å²) in [5, 5.41) is 14.5. The van der Waals surface area contributed by atoms with Crippen molar-refractivity contribution in [2.24, 2.45) is 0 Å². The zero-order valence-corrected chi connectivity index (χ0v) is 18.3. The lowest BCUT2D eigenvalue weighted by Crippen LogP contribution is -2.21. The standard InChI is InChI=1S/C24H21ClN4O3/c1-3-15-6-4-5-7-18(15)16-8-9-19(20(25)10-16)23(24(31)32)29-13-17(12-26-29)21-11-22(30)28-14(2)27-21/h4-13,23H,3H2,1-2H3,(H,31,32)(H,27,28,30). The normalized spacial score (nSPS) is 12.0. The molecule has 1 unspecified atom stereocenters. The largest absolute Gasteiger partial charge is 0.479 e. The van der Waals surface area contributed by atoms with Gasteiger partial charge in [-0.3, -0.25) is 9.48 Å². The molecule has 1 atom stereocenters. The van der Waals surface area contributed by atoms with Crippen LogP contribution in [0.5, 0.6) is 0 Å². The predicted molar refractivity (Wildman–Crippen MR) is 123 cm³/mol. The highest BCUT2D eigenvalue weighted by atomic mass is 35.5. The van der Waals surface area contributed by atoms with Gasteiger partial charge in [0.05, 0.1) is 11.9 Å². The Hall–Kier alpha value is -3.71. The number of H-pyrrole nitrogens is 1. The molecule has 0 spiro atoms. The van der Waals surface area contributed by atoms with Gasteiger partial charge in [0, 0.05) is 28.4 Å². The second-order valence-corrected chi connectivity index (χ2v) is 7.82. The second-order valence-electron chi connectivity index (χ2n) is 7.41. The van der Waals surface area contributed by atoms with Crippen LogP contribution in [0.3, 0.4) is 0 Å². The van der Waals surface area contributed by atoms with Gasteiger partial charge in [0.25, 0.3) is 5.56 Å². The Bertz CT molecular complexity index is 1360. The first kappa shape index (κ1) is 21.5. The highest BCUT2D eigenvalue weighted by Gasteiger charge is 2.26. The van der Waals surface area contributed by atoms with Crippen LogP contribution in [0, 0.1) is 6.92 Å². The number of hydrogen-bond acceptors (Lipinski definition) is 4. The van der Waals surface area contributed by atoms with Crippen LogP contribution < -0.4 is 5.56 Å². The number of rotatable bonds is 6. The number of halogens is 1. The van der Waals surface area contributed by atoms with Crippen LogP contribution in [0.25, 0.3) is 22.4 Å². The van der Waals surface area contributed by atoms with E-state index in [-0.39, 0.29) is 5.56 Å². The Balaban J connectivity index is 1.73. The van der Waals surface area contributed by atoms with Gasteiger partial charge in [-0.15, -0.1) is 0 Å². The molecular weight excluding hydrogens is 428 g/mol. The molecule has 7 nitrogen and oxygen atoms in total. The van der Waals surface area contributed by atoms with E-state index in [0.717, 1.165) is 17.5 Å². The van der Waals surface area contributed by atoms with E-state index >= 15 is 0 Å². The van der Waals surface area contributed by atoms with Crippen LogP contribution in [0.1, 0.15) is 29.9 Å². The summed E-state index contributed by atoms with van der Waals surface area (Å²) < 4.78 is 1.32. The quantitative estimate of drug-likeness (QED) is 0.452. The summed E-state index contributed by atoms with van der Waals surface area (Å²) >= 11 is 6.57. The molecule has 2 N–H and O–H groups in total. The van der Waals surface area contributed by atoms with Crippen molar-refractivity contribution in [3.63, 3.8) is 0 Å². The Morgan fingerprint density at radius 3 is 2.66 bits per heavy atom. The fourth-order valence-electron chi connectivity index (χ4n) is 3.75. The molecule has 4 rings (SSSR count). The number of hydrogen-bond donors (Lipinski definition) is 2. The molecule has 2 aromatic carbocycles. The minimum absolute atomic E-state index is 0.291. The average molecular weight is 449 g/mol. The third-order valence-corrected chi connectivity index (χ3v) is 5.59. The highest BCUT2D eigenvalue weighted by Crippen LogP contribution is 2.33. The number of nitrogens with one attached hydrogen (secondary N) is 1. The van der Waals surface area contributed by atoms with Crippen molar-refractivity contribution in [2.45, 2.75) is 26.3 Å². The Labute approximate surface area is 189 Å². The van der Waals surface area contributed by atoms with Gasteiger partial charge in [-0.25, -0.2) is 9.78 Å². The molecule has 0 bridgehead atoms. The van der Waals surface area contributed by atoms with Gasteiger partial charge in [-0.05, 0) is 36.1 Å². The maximum Gasteiger partial charge on any atom is 0.333 e. The fourth-order valence-corrected chi connectivity index (χ4v) is 4.04. The van der Waals surface area contributed by atoms with Crippen molar-refractivity contribution in [3.05, 3.63) is 93.3 Å². The van der Waals surface area contributed by atoms with Gasteiger partial charge in [0.1, 0.15) is 5.82 Å². The lowest BCUT2D eigenvalue weighted by molar-refractivity contribution is -0.139. The SMILES string of the molecule is CCc1ccccc1-c1ccc(C(C(=O)O)n2cc(-c3cc(=O)[nH]c(C)n3)cn2)c(Cl)c1. The van der Waals surface area contributed by atoms with Gasteiger partial charge < -0.3 is 10.1 Å². The van der Waals surface area contributed by atoms with Crippen LogP contribution in [0.4, 0.5) is 0 Å². The van der Waals surface area contributed by atoms with Crippen molar-refractivity contribution < 1.29 is 9.90 Å². The number of aryl methyl sites for hydroxylation is 2. The van der Waals surface area contributed by atoms with Crippen LogP contribution in [0.2, 0.25) is 5.02 Å². The summed E-state index contributed by atoms with van der Waals surface area (Å²) in [7, 11) is 0. The first-order chi connectivity index (χ1) is 15.4. The number of carbonyl (C=O) groups is 1. The summed E-state index contributed by atoms with van der Waals surface area (Å²) in [6, 6.07) is 13.6. The number of aromatic nitrogens is 4. The van der Waals surface area contributed by atoms with Crippen molar-refractivity contribution in [1.29, 1.82) is 0 Å². The molecule has 8 heteroatoms. The van der Waals surface area contributed by atoms with Crippen LogP contribution >= 0.6 is 11.6 Å². The van der Waals surface area contributed by atoms with Crippen molar-refractivity contribution in [3.8, 4) is 22.4 Å². The van der Waals surface area contributed by atoms with E-state index < -0.39 is 12.0 Å². The molecule has 0 radical (unpaired) electrons. The summed E-state index contributed by atoms with van der Waals surface area (Å²) in [6.07, 6.45) is 3.91. The van der Waals surface area contributed by atoms with E-state index in [2.05, 4.69) is 28.1 Å². The maximum absolute atomic E-state index is 12.2. The summed E-state index contributed by atoms with van der Waals surface area (Å²) in [5.74, 6) is -0.640. The molecule has 0 aliphatic heterocycles. The summed E-state index contributed by atoms with van der Waals surface area (Å²) in [5.41, 5.74) is 4.25. The summed E-state index contributed by atoms with van der Waals surface area (Å²) in [6.45, 7) is 3.76. The van der Waals surface area contributed by atoms with E-state index in [4.69, 9.17) is 11.6 Å². The third kappa shape index (κ3) is 4.20. The minimum atomic E-state index is -1.13. The first-order valence-corrected chi connectivity index (χ1v) is 10.5. The number of carboxylic acids is 1. The minimum Gasteiger partial charge on any atom is -0.479 e. The maximum atomic E-state index is 12.2. The molecule has 2 aromatic heterocycles. The van der Waals surface area contributed by atoms with Crippen LogP contribution in [-0.4, -0.2) is 30.8 Å². The van der Waals surface area contributed by atoms with Gasteiger partial charge in [0.15, 0.2) is 6.04 Å². The molecule has 0 aliphatic rings. The zero-order chi connectivity index (χ0) is 22.8. The van der Waals surface area contributed by atoms with Gasteiger partial charge in [0.2, 0.25) is 0 Å². The molecule has 162 valence electrons. The lowest BCUT2D eigenvalue weighted by Gasteiger charge is -2.16. The van der Waals surface area contributed by atoms with E-state index in [1.165, 1.54) is 22.5 Å². The van der Waals surface area contributed by atoms with E-state index in [0.29, 0.717) is 27.7 Å². The van der Waals surface area contributed by atoms with Crippen molar-refractivity contribution in [1.82, 2.24) is 19.7 Å². The van der Waals surface area contributed by atoms with Crippen molar-refractivity contribution in [2.75, 3.05) is 0 Å². The smallest absolute Gasteiger partial charge is 0.333 e. The molecule has 2 heterocycles. The van der Waals surface area contributed by atoms with E-state index in [1.54, 1.807) is 25.3 Å². The molecule has 0 aliphatic carbocycles. The Morgan fingerprint density at radius 1 is 1.19 bits per heavy atom. The number of nitrogens with zero attached hydrogens (tertiary/aromatic N) is 3. The lowest BCUT2D eigenvalue weighted by atomic mass is 9.96. The van der Waals surface area contributed by atoms with Crippen molar-refractivity contribution >= 4 is 17.6 Å². The number of benzene rings is 2. The zero-order valence-electron chi connectivity index (χ0n) is 17.5.